The first-order valence-electron chi connectivity index (χ1n) is 10.6. The number of carbonyl (C=O) groups excluding carboxylic acids is 1. The fourth-order valence-electron chi connectivity index (χ4n) is 4.32. The van der Waals surface area contributed by atoms with Crippen molar-refractivity contribution in [1.82, 2.24) is 15.2 Å². The number of carbonyl (C=O) groups is 1. The molecule has 1 aliphatic rings. The lowest BCUT2D eigenvalue weighted by Gasteiger charge is -2.25. The molecule has 7 heteroatoms. The van der Waals surface area contributed by atoms with Gasteiger partial charge in [0, 0.05) is 22.2 Å². The number of benzene rings is 2. The summed E-state index contributed by atoms with van der Waals surface area (Å²) >= 11 is 6.06. The SMILES string of the molecule is CC1CCCC(C(=O)Nc2ccc(-c3[nH]ncc3-c3nc4cc(Cl)ccc4o3)cc2)C1. The molecule has 5 rings (SSSR count). The number of rotatable bonds is 4. The van der Waals surface area contributed by atoms with Gasteiger partial charge in [-0.15, -0.1) is 0 Å². The molecule has 0 radical (unpaired) electrons. The number of fused-ring (bicyclic) bond motifs is 1. The minimum absolute atomic E-state index is 0.107. The molecule has 0 bridgehead atoms. The van der Waals surface area contributed by atoms with Crippen molar-refractivity contribution in [3.05, 3.63) is 53.7 Å². The van der Waals surface area contributed by atoms with E-state index in [0.717, 1.165) is 41.8 Å². The van der Waals surface area contributed by atoms with Crippen LogP contribution in [0.2, 0.25) is 5.02 Å². The number of nitrogens with one attached hydrogen (secondary N) is 2. The molecule has 1 aliphatic carbocycles. The molecule has 2 atom stereocenters. The summed E-state index contributed by atoms with van der Waals surface area (Å²) in [7, 11) is 0. The van der Waals surface area contributed by atoms with Gasteiger partial charge < -0.3 is 9.73 Å². The Morgan fingerprint density at radius 1 is 1.19 bits per heavy atom. The van der Waals surface area contributed by atoms with Crippen LogP contribution in [0.1, 0.15) is 32.6 Å². The van der Waals surface area contributed by atoms with Crippen LogP contribution in [0.4, 0.5) is 5.69 Å². The largest absolute Gasteiger partial charge is 0.436 e. The number of oxazole rings is 1. The molecular weight excluding hydrogens is 412 g/mol. The van der Waals surface area contributed by atoms with Gasteiger partial charge >= 0.3 is 0 Å². The molecule has 1 saturated carbocycles. The standard InChI is InChI=1S/C24H23ClN4O2/c1-14-3-2-4-16(11-14)23(30)27-18-8-5-15(6-9-18)22-19(13-26-29-22)24-28-20-12-17(25)7-10-21(20)31-24/h5-10,12-14,16H,2-4,11H2,1H3,(H,26,29)(H,27,30). The third-order valence-electron chi connectivity index (χ3n) is 5.97. The van der Waals surface area contributed by atoms with Crippen LogP contribution in [0.25, 0.3) is 33.8 Å². The molecule has 1 fully saturated rings. The molecule has 0 aliphatic heterocycles. The van der Waals surface area contributed by atoms with Crippen molar-refractivity contribution in [2.75, 3.05) is 5.32 Å². The van der Waals surface area contributed by atoms with Crippen LogP contribution in [-0.4, -0.2) is 21.1 Å². The number of aromatic amines is 1. The van der Waals surface area contributed by atoms with E-state index in [-0.39, 0.29) is 11.8 Å². The zero-order chi connectivity index (χ0) is 21.4. The van der Waals surface area contributed by atoms with Gasteiger partial charge in [0.25, 0.3) is 0 Å². The number of H-pyrrole nitrogens is 1. The van der Waals surface area contributed by atoms with E-state index in [4.69, 9.17) is 16.0 Å². The van der Waals surface area contributed by atoms with Gasteiger partial charge in [-0.2, -0.15) is 5.10 Å². The number of anilines is 1. The van der Waals surface area contributed by atoms with Gasteiger partial charge in [0.2, 0.25) is 11.8 Å². The Balaban J connectivity index is 1.36. The highest BCUT2D eigenvalue weighted by atomic mass is 35.5. The summed E-state index contributed by atoms with van der Waals surface area (Å²) in [5.74, 6) is 1.32. The minimum atomic E-state index is 0.107. The lowest BCUT2D eigenvalue weighted by molar-refractivity contribution is -0.121. The fraction of sp³-hybridized carbons (Fsp3) is 0.292. The number of amides is 1. The molecule has 2 aromatic carbocycles. The molecule has 2 heterocycles. The van der Waals surface area contributed by atoms with Crippen LogP contribution < -0.4 is 5.32 Å². The van der Waals surface area contributed by atoms with Crippen LogP contribution in [0.3, 0.4) is 0 Å². The summed E-state index contributed by atoms with van der Waals surface area (Å²) in [6, 6.07) is 13.1. The first kappa shape index (κ1) is 19.8. The first-order valence-corrected chi connectivity index (χ1v) is 11.0. The van der Waals surface area contributed by atoms with Gasteiger partial charge in [0.1, 0.15) is 5.52 Å². The van der Waals surface area contributed by atoms with Crippen LogP contribution >= 0.6 is 11.6 Å². The van der Waals surface area contributed by atoms with Crippen molar-refractivity contribution < 1.29 is 9.21 Å². The Morgan fingerprint density at radius 2 is 2.03 bits per heavy atom. The molecule has 31 heavy (non-hydrogen) atoms. The summed E-state index contributed by atoms with van der Waals surface area (Å²) < 4.78 is 5.89. The van der Waals surface area contributed by atoms with Gasteiger partial charge in [-0.3, -0.25) is 9.89 Å². The van der Waals surface area contributed by atoms with E-state index in [1.165, 1.54) is 6.42 Å². The highest BCUT2D eigenvalue weighted by molar-refractivity contribution is 6.31. The molecule has 0 spiro atoms. The number of aromatic nitrogens is 3. The summed E-state index contributed by atoms with van der Waals surface area (Å²) in [6.45, 7) is 2.22. The maximum atomic E-state index is 12.6. The van der Waals surface area contributed by atoms with E-state index in [2.05, 4.69) is 27.4 Å². The molecular formula is C24H23ClN4O2. The Kier molecular flexibility index (Phi) is 5.24. The van der Waals surface area contributed by atoms with E-state index in [9.17, 15) is 4.79 Å². The zero-order valence-electron chi connectivity index (χ0n) is 17.2. The smallest absolute Gasteiger partial charge is 0.231 e. The molecule has 1 amide bonds. The lowest BCUT2D eigenvalue weighted by atomic mass is 9.82. The van der Waals surface area contributed by atoms with Gasteiger partial charge in [-0.1, -0.05) is 43.5 Å². The molecule has 2 N–H and O–H groups in total. The second-order valence-electron chi connectivity index (χ2n) is 8.33. The van der Waals surface area contributed by atoms with Crippen LogP contribution in [0, 0.1) is 11.8 Å². The molecule has 2 unspecified atom stereocenters. The topological polar surface area (TPSA) is 83.8 Å². The first-order chi connectivity index (χ1) is 15.1. The van der Waals surface area contributed by atoms with E-state index in [0.29, 0.717) is 27.9 Å². The Bertz CT molecular complexity index is 1230. The summed E-state index contributed by atoms with van der Waals surface area (Å²) in [6.07, 6.45) is 5.99. The van der Waals surface area contributed by atoms with Crippen molar-refractivity contribution >= 4 is 34.3 Å². The normalized spacial score (nSPS) is 18.9. The third kappa shape index (κ3) is 4.08. The van der Waals surface area contributed by atoms with Crippen LogP contribution in [0.15, 0.2) is 53.1 Å². The molecule has 158 valence electrons. The molecule has 4 aromatic rings. The molecule has 6 nitrogen and oxygen atoms in total. The second-order valence-corrected chi connectivity index (χ2v) is 8.76. The summed E-state index contributed by atoms with van der Waals surface area (Å²) in [5.41, 5.74) is 4.66. The van der Waals surface area contributed by atoms with Gasteiger partial charge in [0.05, 0.1) is 17.5 Å². The van der Waals surface area contributed by atoms with Crippen LogP contribution in [-0.2, 0) is 4.79 Å². The van der Waals surface area contributed by atoms with Crippen LogP contribution in [0.5, 0.6) is 0 Å². The van der Waals surface area contributed by atoms with Crippen molar-refractivity contribution in [2.45, 2.75) is 32.6 Å². The number of halogens is 1. The van der Waals surface area contributed by atoms with Gasteiger partial charge in [-0.25, -0.2) is 4.98 Å². The fourth-order valence-corrected chi connectivity index (χ4v) is 4.49. The lowest BCUT2D eigenvalue weighted by Crippen LogP contribution is -2.27. The maximum Gasteiger partial charge on any atom is 0.231 e. The monoisotopic (exact) mass is 434 g/mol. The number of nitrogens with zero attached hydrogens (tertiary/aromatic N) is 2. The maximum absolute atomic E-state index is 12.6. The molecule has 2 aromatic heterocycles. The van der Waals surface area contributed by atoms with Crippen molar-refractivity contribution in [3.8, 4) is 22.7 Å². The second kappa shape index (κ2) is 8.19. The highest BCUT2D eigenvalue weighted by Crippen LogP contribution is 2.33. The number of hydrogen-bond acceptors (Lipinski definition) is 4. The summed E-state index contributed by atoms with van der Waals surface area (Å²) in [4.78, 5) is 17.2. The van der Waals surface area contributed by atoms with Crippen molar-refractivity contribution in [1.29, 1.82) is 0 Å². The van der Waals surface area contributed by atoms with E-state index < -0.39 is 0 Å². The molecule has 0 saturated heterocycles. The quantitative estimate of drug-likeness (QED) is 0.394. The van der Waals surface area contributed by atoms with E-state index in [1.807, 2.05) is 24.3 Å². The predicted octanol–water partition coefficient (Wildman–Crippen LogP) is 6.30. The predicted molar refractivity (Wildman–Crippen MR) is 122 cm³/mol. The third-order valence-corrected chi connectivity index (χ3v) is 6.20. The van der Waals surface area contributed by atoms with E-state index >= 15 is 0 Å². The average molecular weight is 435 g/mol. The average Bonchev–Trinajstić information content (AvgIpc) is 3.41. The highest BCUT2D eigenvalue weighted by Gasteiger charge is 2.25. The van der Waals surface area contributed by atoms with Crippen molar-refractivity contribution in [2.24, 2.45) is 11.8 Å². The summed E-state index contributed by atoms with van der Waals surface area (Å²) in [5, 5.41) is 10.9. The Labute approximate surface area is 185 Å². The number of hydrogen-bond donors (Lipinski definition) is 2. The van der Waals surface area contributed by atoms with Gasteiger partial charge in [-0.05, 0) is 49.1 Å². The van der Waals surface area contributed by atoms with E-state index in [1.54, 1.807) is 24.4 Å². The van der Waals surface area contributed by atoms with Gasteiger partial charge in [0.15, 0.2) is 5.58 Å². The zero-order valence-corrected chi connectivity index (χ0v) is 17.9. The Hall–Kier alpha value is -3.12. The van der Waals surface area contributed by atoms with Crippen molar-refractivity contribution in [3.63, 3.8) is 0 Å². The Morgan fingerprint density at radius 3 is 2.84 bits per heavy atom. The minimum Gasteiger partial charge on any atom is -0.436 e.